The average Bonchev–Trinajstić information content (AvgIpc) is 2.90. The summed E-state index contributed by atoms with van der Waals surface area (Å²) in [6.45, 7) is 1.70. The first-order valence-corrected chi connectivity index (χ1v) is 8.59. The molecule has 0 saturated carbocycles. The predicted molar refractivity (Wildman–Crippen MR) is 74.6 cm³/mol. The molecule has 0 spiro atoms. The van der Waals surface area contributed by atoms with Crippen molar-refractivity contribution in [2.45, 2.75) is 17.1 Å². The molecule has 2 heterocycles. The number of rotatable bonds is 5. The van der Waals surface area contributed by atoms with Crippen molar-refractivity contribution in [3.05, 3.63) is 17.0 Å². The fourth-order valence-electron chi connectivity index (χ4n) is 2.13. The second-order valence-electron chi connectivity index (χ2n) is 4.83. The van der Waals surface area contributed by atoms with Gasteiger partial charge in [0.2, 0.25) is 0 Å². The molecule has 0 aromatic carbocycles. The molecular weight excluding hydrogens is 302 g/mol. The summed E-state index contributed by atoms with van der Waals surface area (Å²) in [5.74, 6) is -0.923. The van der Waals surface area contributed by atoms with Gasteiger partial charge in [-0.05, 0) is 24.8 Å². The van der Waals surface area contributed by atoms with Gasteiger partial charge in [-0.1, -0.05) is 0 Å². The van der Waals surface area contributed by atoms with Crippen molar-refractivity contribution in [1.82, 2.24) is 4.31 Å². The van der Waals surface area contributed by atoms with E-state index < -0.39 is 16.0 Å². The molecular formula is C12H17NO5S2. The largest absolute Gasteiger partial charge is 0.478 e. The molecule has 1 aromatic heterocycles. The van der Waals surface area contributed by atoms with Crippen molar-refractivity contribution in [2.24, 2.45) is 5.92 Å². The molecule has 8 heteroatoms. The highest BCUT2D eigenvalue weighted by Crippen LogP contribution is 2.25. The Kier molecular flexibility index (Phi) is 4.79. The lowest BCUT2D eigenvalue weighted by molar-refractivity contribution is 0.0495. The fourth-order valence-corrected chi connectivity index (χ4v) is 4.74. The highest BCUT2D eigenvalue weighted by molar-refractivity contribution is 7.91. The molecule has 20 heavy (non-hydrogen) atoms. The quantitative estimate of drug-likeness (QED) is 0.889. The van der Waals surface area contributed by atoms with Crippen molar-refractivity contribution in [1.29, 1.82) is 0 Å². The number of aromatic carboxylic acids is 1. The highest BCUT2D eigenvalue weighted by atomic mass is 32.2. The summed E-state index contributed by atoms with van der Waals surface area (Å²) in [7, 11) is -2.10. The van der Waals surface area contributed by atoms with Gasteiger partial charge < -0.3 is 9.84 Å². The van der Waals surface area contributed by atoms with E-state index in [4.69, 9.17) is 9.84 Å². The highest BCUT2D eigenvalue weighted by Gasteiger charge is 2.27. The lowest BCUT2D eigenvalue weighted by atomic mass is 10.0. The summed E-state index contributed by atoms with van der Waals surface area (Å²) in [6.07, 6.45) is 1.89. The van der Waals surface area contributed by atoms with Gasteiger partial charge in [0.25, 0.3) is 10.0 Å². The summed E-state index contributed by atoms with van der Waals surface area (Å²) in [5.41, 5.74) is 0.00275. The van der Waals surface area contributed by atoms with E-state index in [0.717, 1.165) is 30.8 Å². The number of hydrogen-bond acceptors (Lipinski definition) is 5. The second kappa shape index (κ2) is 6.21. The Hall–Kier alpha value is -0.960. The Morgan fingerprint density at radius 1 is 1.60 bits per heavy atom. The number of ether oxygens (including phenoxy) is 1. The standard InChI is InChI=1S/C12H17NO5S2/c1-13(6-9-3-2-4-18-7-9)20(16,17)11-5-10(8-19-11)12(14)15/h5,8-9H,2-4,6-7H2,1H3,(H,14,15). The molecule has 0 radical (unpaired) electrons. The van der Waals surface area contributed by atoms with Crippen LogP contribution in [0.15, 0.2) is 15.7 Å². The van der Waals surface area contributed by atoms with E-state index in [2.05, 4.69) is 0 Å². The van der Waals surface area contributed by atoms with E-state index in [1.54, 1.807) is 0 Å². The minimum atomic E-state index is -3.62. The summed E-state index contributed by atoms with van der Waals surface area (Å²) < 4.78 is 31.4. The van der Waals surface area contributed by atoms with E-state index >= 15 is 0 Å². The first-order chi connectivity index (χ1) is 9.41. The van der Waals surface area contributed by atoms with E-state index in [9.17, 15) is 13.2 Å². The van der Waals surface area contributed by atoms with Crippen LogP contribution >= 0.6 is 11.3 Å². The van der Waals surface area contributed by atoms with Crippen LogP contribution in [0.4, 0.5) is 0 Å². The van der Waals surface area contributed by atoms with Gasteiger partial charge in [-0.25, -0.2) is 13.2 Å². The molecule has 2 rings (SSSR count). The van der Waals surface area contributed by atoms with Crippen LogP contribution in [0.1, 0.15) is 23.2 Å². The third kappa shape index (κ3) is 3.38. The Morgan fingerprint density at radius 3 is 2.90 bits per heavy atom. The van der Waals surface area contributed by atoms with Crippen LogP contribution in [0.5, 0.6) is 0 Å². The van der Waals surface area contributed by atoms with E-state index in [-0.39, 0.29) is 15.7 Å². The molecule has 0 aliphatic carbocycles. The van der Waals surface area contributed by atoms with E-state index in [1.165, 1.54) is 22.8 Å². The fraction of sp³-hybridized carbons (Fsp3) is 0.583. The van der Waals surface area contributed by atoms with Gasteiger partial charge in [0.15, 0.2) is 0 Å². The molecule has 1 aliphatic heterocycles. The van der Waals surface area contributed by atoms with Gasteiger partial charge in [0.1, 0.15) is 4.21 Å². The minimum Gasteiger partial charge on any atom is -0.478 e. The van der Waals surface area contributed by atoms with Crippen LogP contribution in [-0.2, 0) is 14.8 Å². The molecule has 112 valence electrons. The number of sulfonamides is 1. The van der Waals surface area contributed by atoms with Crippen molar-refractivity contribution >= 4 is 27.3 Å². The Balaban J connectivity index is 2.09. The maximum Gasteiger partial charge on any atom is 0.336 e. The van der Waals surface area contributed by atoms with Crippen molar-refractivity contribution in [2.75, 3.05) is 26.8 Å². The van der Waals surface area contributed by atoms with Crippen LogP contribution in [-0.4, -0.2) is 50.6 Å². The number of carboxylic acids is 1. The van der Waals surface area contributed by atoms with E-state index in [0.29, 0.717) is 13.2 Å². The Bertz CT molecular complexity index is 574. The van der Waals surface area contributed by atoms with Crippen LogP contribution in [0.2, 0.25) is 0 Å². The first kappa shape index (κ1) is 15.4. The maximum absolute atomic E-state index is 12.3. The predicted octanol–water partition coefficient (Wildman–Crippen LogP) is 1.49. The van der Waals surface area contributed by atoms with Crippen LogP contribution in [0.3, 0.4) is 0 Å². The molecule has 1 unspecified atom stereocenters. The third-order valence-electron chi connectivity index (χ3n) is 3.26. The van der Waals surface area contributed by atoms with Gasteiger partial charge in [0, 0.05) is 25.6 Å². The summed E-state index contributed by atoms with van der Waals surface area (Å²) in [5, 5.41) is 10.2. The van der Waals surface area contributed by atoms with Gasteiger partial charge in [-0.15, -0.1) is 11.3 Å². The van der Waals surface area contributed by atoms with Crippen LogP contribution in [0, 0.1) is 5.92 Å². The molecule has 1 aromatic rings. The minimum absolute atomic E-state index is 0.00275. The first-order valence-electron chi connectivity index (χ1n) is 6.27. The summed E-state index contributed by atoms with van der Waals surface area (Å²) in [6, 6.07) is 1.20. The maximum atomic E-state index is 12.3. The summed E-state index contributed by atoms with van der Waals surface area (Å²) in [4.78, 5) is 10.8. The van der Waals surface area contributed by atoms with Crippen molar-refractivity contribution in [3.63, 3.8) is 0 Å². The Labute approximate surface area is 122 Å². The lowest BCUT2D eigenvalue weighted by Gasteiger charge is -2.26. The normalized spacial score (nSPS) is 20.2. The van der Waals surface area contributed by atoms with E-state index in [1.807, 2.05) is 0 Å². The molecule has 0 bridgehead atoms. The SMILES string of the molecule is CN(CC1CCCOC1)S(=O)(=O)c1cc(C(=O)O)cs1. The monoisotopic (exact) mass is 319 g/mol. The average molecular weight is 319 g/mol. The van der Waals surface area contributed by atoms with Crippen molar-refractivity contribution in [3.8, 4) is 0 Å². The Morgan fingerprint density at radius 2 is 2.35 bits per heavy atom. The zero-order chi connectivity index (χ0) is 14.8. The third-order valence-corrected chi connectivity index (χ3v) is 6.50. The van der Waals surface area contributed by atoms with Crippen LogP contribution in [0.25, 0.3) is 0 Å². The number of carbonyl (C=O) groups is 1. The smallest absolute Gasteiger partial charge is 0.336 e. The zero-order valence-electron chi connectivity index (χ0n) is 11.1. The molecule has 1 fully saturated rings. The van der Waals surface area contributed by atoms with Gasteiger partial charge in [0.05, 0.1) is 12.2 Å². The molecule has 1 aliphatic rings. The number of thiophene rings is 1. The lowest BCUT2D eigenvalue weighted by Crippen LogP contribution is -2.34. The second-order valence-corrected chi connectivity index (χ2v) is 8.01. The molecule has 1 N–H and O–H groups in total. The molecule has 6 nitrogen and oxygen atoms in total. The zero-order valence-corrected chi connectivity index (χ0v) is 12.7. The van der Waals surface area contributed by atoms with Gasteiger partial charge >= 0.3 is 5.97 Å². The topological polar surface area (TPSA) is 83.9 Å². The van der Waals surface area contributed by atoms with Crippen molar-refractivity contribution < 1.29 is 23.1 Å². The van der Waals surface area contributed by atoms with Crippen LogP contribution < -0.4 is 0 Å². The summed E-state index contributed by atoms with van der Waals surface area (Å²) >= 11 is 0.933. The van der Waals surface area contributed by atoms with Gasteiger partial charge in [-0.3, -0.25) is 0 Å². The number of hydrogen-bond donors (Lipinski definition) is 1. The molecule has 1 saturated heterocycles. The number of carboxylic acid groups (broad SMARTS) is 1. The molecule has 1 atom stereocenters. The molecule has 0 amide bonds. The number of nitrogens with zero attached hydrogens (tertiary/aromatic N) is 1. The van der Waals surface area contributed by atoms with Gasteiger partial charge in [-0.2, -0.15) is 4.31 Å².